The number of benzene rings is 3. The van der Waals surface area contributed by atoms with Crippen LogP contribution in [-0.4, -0.2) is 17.7 Å². The fraction of sp³-hybridized carbons (Fsp3) is 0.185. The van der Waals surface area contributed by atoms with E-state index in [0.29, 0.717) is 11.3 Å². The quantitative estimate of drug-likeness (QED) is 0.400. The van der Waals surface area contributed by atoms with Crippen molar-refractivity contribution in [3.8, 4) is 6.07 Å². The topological polar surface area (TPSA) is 56.6 Å². The zero-order valence-electron chi connectivity index (χ0n) is 18.9. The summed E-state index contributed by atoms with van der Waals surface area (Å²) in [5.41, 5.74) is 1.93. The molecule has 1 atom stereocenters. The Morgan fingerprint density at radius 1 is 1.00 bits per heavy atom. The Morgan fingerprint density at radius 3 is 2.37 bits per heavy atom. The molecule has 0 spiro atoms. The van der Waals surface area contributed by atoms with Crippen molar-refractivity contribution in [2.75, 3.05) is 11.6 Å². The number of nitriles is 1. The number of anilines is 1. The van der Waals surface area contributed by atoms with Crippen molar-refractivity contribution in [1.82, 2.24) is 4.90 Å². The Balaban J connectivity index is 1.68. The van der Waals surface area contributed by atoms with Gasteiger partial charge in [-0.2, -0.15) is 18.4 Å². The summed E-state index contributed by atoms with van der Waals surface area (Å²) in [7, 11) is 0. The number of urea groups is 1. The summed E-state index contributed by atoms with van der Waals surface area (Å²) >= 11 is 0. The normalized spacial score (nSPS) is 16.1. The van der Waals surface area contributed by atoms with Crippen LogP contribution >= 0.6 is 0 Å². The summed E-state index contributed by atoms with van der Waals surface area (Å²) in [5, 5.41) is 9.11. The number of amides is 2. The molecule has 0 saturated carbocycles. The van der Waals surface area contributed by atoms with E-state index < -0.39 is 23.8 Å². The van der Waals surface area contributed by atoms with Crippen molar-refractivity contribution in [3.63, 3.8) is 0 Å². The van der Waals surface area contributed by atoms with Crippen molar-refractivity contribution in [2.45, 2.75) is 25.7 Å². The third-order valence-electron chi connectivity index (χ3n) is 5.68. The van der Waals surface area contributed by atoms with Gasteiger partial charge in [-0.15, -0.1) is 0 Å². The Bertz CT molecular complexity index is 1270. The first-order valence-electron chi connectivity index (χ1n) is 10.9. The van der Waals surface area contributed by atoms with Crippen LogP contribution in [-0.2, 0) is 17.5 Å². The van der Waals surface area contributed by atoms with Crippen LogP contribution in [0.4, 0.5) is 23.7 Å². The fourth-order valence-corrected chi connectivity index (χ4v) is 3.93. The minimum absolute atomic E-state index is 0.0857. The number of carbonyl (C=O) groups is 1. The predicted molar refractivity (Wildman–Crippen MR) is 125 cm³/mol. The third-order valence-corrected chi connectivity index (χ3v) is 5.68. The number of hydrogen-bond donors (Lipinski definition) is 0. The van der Waals surface area contributed by atoms with E-state index in [4.69, 9.17) is 10.00 Å². The van der Waals surface area contributed by atoms with Gasteiger partial charge in [-0.05, 0) is 54.5 Å². The van der Waals surface area contributed by atoms with Gasteiger partial charge in [0.05, 0.1) is 35.5 Å². The molecule has 0 fully saturated rings. The van der Waals surface area contributed by atoms with E-state index in [0.717, 1.165) is 23.3 Å². The molecule has 0 saturated heterocycles. The molecule has 1 heterocycles. The van der Waals surface area contributed by atoms with Crippen LogP contribution in [0.2, 0.25) is 0 Å². The van der Waals surface area contributed by atoms with Gasteiger partial charge < -0.3 is 4.74 Å². The van der Waals surface area contributed by atoms with Crippen molar-refractivity contribution < 1.29 is 22.7 Å². The number of allylic oxidation sites excluding steroid dienone is 1. The van der Waals surface area contributed by atoms with E-state index in [1.807, 2.05) is 30.3 Å². The van der Waals surface area contributed by atoms with E-state index in [1.165, 1.54) is 21.9 Å². The number of carbonyl (C=O) groups excluding carboxylic acids is 1. The lowest BCUT2D eigenvalue weighted by Gasteiger charge is -2.40. The van der Waals surface area contributed by atoms with E-state index in [1.54, 1.807) is 37.3 Å². The van der Waals surface area contributed by atoms with Gasteiger partial charge >= 0.3 is 12.2 Å². The Labute approximate surface area is 201 Å². The van der Waals surface area contributed by atoms with E-state index in [9.17, 15) is 18.0 Å². The first-order valence-corrected chi connectivity index (χ1v) is 10.9. The highest BCUT2D eigenvalue weighted by molar-refractivity contribution is 5.96. The summed E-state index contributed by atoms with van der Waals surface area (Å²) in [6.45, 7) is 1.85. The number of hydrogen-bond acceptors (Lipinski definition) is 3. The summed E-state index contributed by atoms with van der Waals surface area (Å²) in [6.07, 6.45) is -2.73. The van der Waals surface area contributed by atoms with Crippen LogP contribution in [0.5, 0.6) is 0 Å². The van der Waals surface area contributed by atoms with Gasteiger partial charge in [0.2, 0.25) is 0 Å². The van der Waals surface area contributed by atoms with E-state index >= 15 is 0 Å². The first kappa shape index (κ1) is 24.0. The zero-order chi connectivity index (χ0) is 25.0. The molecular weight excluding hydrogens is 455 g/mol. The molecule has 1 aliphatic rings. The lowest BCUT2D eigenvalue weighted by Crippen LogP contribution is -2.48. The molecule has 4 rings (SSSR count). The molecule has 178 valence electrons. The van der Waals surface area contributed by atoms with Gasteiger partial charge in [-0.1, -0.05) is 48.5 Å². The molecule has 0 N–H and O–H groups in total. The maximum atomic E-state index is 13.6. The lowest BCUT2D eigenvalue weighted by molar-refractivity contribution is -0.137. The van der Waals surface area contributed by atoms with Crippen molar-refractivity contribution >= 4 is 11.7 Å². The van der Waals surface area contributed by atoms with Crippen molar-refractivity contribution in [3.05, 3.63) is 113 Å². The lowest BCUT2D eigenvalue weighted by atomic mass is 10.0. The molecule has 8 heteroatoms. The molecule has 2 amide bonds. The van der Waals surface area contributed by atoms with Crippen LogP contribution in [0.1, 0.15) is 35.2 Å². The molecular formula is C27H22F3N3O2. The number of halogens is 3. The molecule has 35 heavy (non-hydrogen) atoms. The minimum atomic E-state index is -4.53. The van der Waals surface area contributed by atoms with Gasteiger partial charge in [0.1, 0.15) is 6.73 Å². The summed E-state index contributed by atoms with van der Waals surface area (Å²) in [6, 6.07) is 22.0. The number of ether oxygens (including phenoxy) is 1. The minimum Gasteiger partial charge on any atom is -0.356 e. The highest BCUT2D eigenvalue weighted by Gasteiger charge is 2.36. The molecule has 0 bridgehead atoms. The third kappa shape index (κ3) is 5.36. The van der Waals surface area contributed by atoms with Crippen LogP contribution in [0.25, 0.3) is 0 Å². The molecule has 3 aromatic rings. The summed E-state index contributed by atoms with van der Waals surface area (Å²) < 4.78 is 45.8. The maximum absolute atomic E-state index is 13.6. The zero-order valence-corrected chi connectivity index (χ0v) is 18.9. The van der Waals surface area contributed by atoms with Crippen molar-refractivity contribution in [2.24, 2.45) is 0 Å². The largest absolute Gasteiger partial charge is 0.416 e. The van der Waals surface area contributed by atoms with Crippen LogP contribution in [0, 0.1) is 11.3 Å². The van der Waals surface area contributed by atoms with E-state index in [2.05, 4.69) is 6.07 Å². The first-order chi connectivity index (χ1) is 16.8. The maximum Gasteiger partial charge on any atom is 0.416 e. The van der Waals surface area contributed by atoms with Gasteiger partial charge in [-0.25, -0.2) is 4.79 Å². The molecule has 0 aliphatic carbocycles. The second-order valence-corrected chi connectivity index (χ2v) is 8.09. The standard InChI is InChI=1S/C27H22F3N3O2/c1-19-14-25(22-12-10-20(16-31)11-13-22)32(18-35-17-21-6-3-2-4-7-21)26(34)33(19)24-9-5-8-23(15-24)27(28,29)30/h2-15,25H,17-18H2,1H3/t25-/m1/s1. The monoisotopic (exact) mass is 477 g/mol. The summed E-state index contributed by atoms with van der Waals surface area (Å²) in [4.78, 5) is 16.4. The van der Waals surface area contributed by atoms with Gasteiger partial charge in [0.15, 0.2) is 0 Å². The smallest absolute Gasteiger partial charge is 0.356 e. The second-order valence-electron chi connectivity index (χ2n) is 8.09. The highest BCUT2D eigenvalue weighted by Crippen LogP contribution is 2.37. The van der Waals surface area contributed by atoms with Crippen LogP contribution in [0.15, 0.2) is 90.6 Å². The average molecular weight is 477 g/mol. The fourth-order valence-electron chi connectivity index (χ4n) is 3.93. The molecule has 3 aromatic carbocycles. The number of rotatable bonds is 6. The van der Waals surface area contributed by atoms with Crippen molar-refractivity contribution in [1.29, 1.82) is 5.26 Å². The highest BCUT2D eigenvalue weighted by atomic mass is 19.4. The van der Waals surface area contributed by atoms with Gasteiger partial charge in [-0.3, -0.25) is 9.80 Å². The summed E-state index contributed by atoms with van der Waals surface area (Å²) in [5.74, 6) is 0. The van der Waals surface area contributed by atoms with Gasteiger partial charge in [0.25, 0.3) is 0 Å². The Kier molecular flexibility index (Phi) is 6.90. The Hall–Kier alpha value is -4.09. The second kappa shape index (κ2) is 10.0. The van der Waals surface area contributed by atoms with Gasteiger partial charge in [0, 0.05) is 5.70 Å². The number of alkyl halides is 3. The average Bonchev–Trinajstić information content (AvgIpc) is 2.85. The molecule has 5 nitrogen and oxygen atoms in total. The molecule has 0 unspecified atom stereocenters. The van der Waals surface area contributed by atoms with E-state index in [-0.39, 0.29) is 19.0 Å². The molecule has 0 radical (unpaired) electrons. The predicted octanol–water partition coefficient (Wildman–Crippen LogP) is 6.64. The SMILES string of the molecule is CC1=C[C@H](c2ccc(C#N)cc2)N(COCc2ccccc2)C(=O)N1c1cccc(C(F)(F)F)c1. The molecule has 0 aromatic heterocycles. The Morgan fingerprint density at radius 2 is 1.71 bits per heavy atom. The molecule has 1 aliphatic heterocycles. The number of nitrogens with zero attached hydrogens (tertiary/aromatic N) is 3. The van der Waals surface area contributed by atoms with Crippen LogP contribution < -0.4 is 4.90 Å². The van der Waals surface area contributed by atoms with Crippen LogP contribution in [0.3, 0.4) is 0 Å².